The number of halogens is 1. The normalized spacial score (nSPS) is 10.9. The molecule has 0 fully saturated rings. The first kappa shape index (κ1) is 22.3. The van der Waals surface area contributed by atoms with Gasteiger partial charge in [-0.25, -0.2) is 4.98 Å². The van der Waals surface area contributed by atoms with Crippen molar-refractivity contribution < 1.29 is 4.79 Å². The maximum absolute atomic E-state index is 13.3. The Morgan fingerprint density at radius 2 is 1.86 bits per heavy atom. The summed E-state index contributed by atoms with van der Waals surface area (Å²) < 4.78 is 1.14. The van der Waals surface area contributed by atoms with E-state index in [1.165, 1.54) is 5.56 Å². The summed E-state index contributed by atoms with van der Waals surface area (Å²) in [4.78, 5) is 22.1. The van der Waals surface area contributed by atoms with Crippen molar-refractivity contribution in [2.45, 2.75) is 26.7 Å². The number of thiazole rings is 1. The zero-order valence-electron chi connectivity index (χ0n) is 16.9. The Balaban J connectivity index is 0.00000280. The smallest absolute Gasteiger partial charge is 0.260 e. The number of rotatable bonds is 7. The Kier molecular flexibility index (Phi) is 7.98. The second-order valence-corrected chi connectivity index (χ2v) is 8.09. The molecule has 0 aliphatic rings. The summed E-state index contributed by atoms with van der Waals surface area (Å²) >= 11 is 1.60. The van der Waals surface area contributed by atoms with E-state index >= 15 is 0 Å². The van der Waals surface area contributed by atoms with Crippen molar-refractivity contribution in [3.63, 3.8) is 0 Å². The Morgan fingerprint density at radius 3 is 2.54 bits per heavy atom. The first-order valence-corrected chi connectivity index (χ1v) is 10.2. The second kappa shape index (κ2) is 10.0. The van der Waals surface area contributed by atoms with Crippen molar-refractivity contribution in [2.75, 3.05) is 32.1 Å². The SMILES string of the molecule is CCc1ccc2nc(N(CCCN(C)C)C(=O)c3ccccc3C)sc2c1.Cl. The second-order valence-electron chi connectivity index (χ2n) is 7.08. The molecule has 0 N–H and O–H groups in total. The van der Waals surface area contributed by atoms with E-state index in [0.717, 1.165) is 45.9 Å². The van der Waals surface area contributed by atoms with Crippen LogP contribution in [0.3, 0.4) is 0 Å². The topological polar surface area (TPSA) is 36.4 Å². The highest BCUT2D eigenvalue weighted by molar-refractivity contribution is 7.22. The third-order valence-electron chi connectivity index (χ3n) is 4.69. The standard InChI is InChI=1S/C22H27N3OS.ClH/c1-5-17-11-12-19-20(15-17)27-22(23-19)25(14-8-13-24(3)4)21(26)18-10-7-6-9-16(18)2;/h6-7,9-12,15H,5,8,13-14H2,1-4H3;1H. The molecule has 0 unspecified atom stereocenters. The largest absolute Gasteiger partial charge is 0.309 e. The fourth-order valence-corrected chi connectivity index (χ4v) is 4.13. The molecule has 0 aliphatic heterocycles. The number of aryl methyl sites for hydroxylation is 2. The quantitative estimate of drug-likeness (QED) is 0.531. The minimum Gasteiger partial charge on any atom is -0.309 e. The van der Waals surface area contributed by atoms with Gasteiger partial charge in [-0.1, -0.05) is 42.5 Å². The van der Waals surface area contributed by atoms with E-state index in [1.807, 2.05) is 36.1 Å². The molecule has 0 atom stereocenters. The molecule has 3 aromatic rings. The summed E-state index contributed by atoms with van der Waals surface area (Å²) in [5.41, 5.74) is 4.00. The van der Waals surface area contributed by atoms with Crippen molar-refractivity contribution in [3.05, 3.63) is 59.2 Å². The predicted octanol–water partition coefficient (Wildman–Crippen LogP) is 5.19. The number of hydrogen-bond donors (Lipinski definition) is 0. The minimum absolute atomic E-state index is 0. The number of fused-ring (bicyclic) bond motifs is 1. The van der Waals surface area contributed by atoms with Crippen molar-refractivity contribution in [1.82, 2.24) is 9.88 Å². The van der Waals surface area contributed by atoms with Gasteiger partial charge in [0.2, 0.25) is 0 Å². The Labute approximate surface area is 177 Å². The van der Waals surface area contributed by atoms with Gasteiger partial charge in [-0.15, -0.1) is 12.4 Å². The highest BCUT2D eigenvalue weighted by atomic mass is 35.5. The van der Waals surface area contributed by atoms with Gasteiger partial charge in [-0.2, -0.15) is 0 Å². The molecule has 0 spiro atoms. The number of aromatic nitrogens is 1. The third kappa shape index (κ3) is 5.10. The molecule has 0 radical (unpaired) electrons. The Morgan fingerprint density at radius 1 is 1.11 bits per heavy atom. The summed E-state index contributed by atoms with van der Waals surface area (Å²) in [5.74, 6) is 0.0293. The van der Waals surface area contributed by atoms with Crippen molar-refractivity contribution >= 4 is 45.0 Å². The fourth-order valence-electron chi connectivity index (χ4n) is 3.08. The average Bonchev–Trinajstić information content (AvgIpc) is 3.07. The molecule has 6 heteroatoms. The summed E-state index contributed by atoms with van der Waals surface area (Å²) in [6.07, 6.45) is 1.90. The van der Waals surface area contributed by atoms with Gasteiger partial charge in [-0.05, 0) is 69.7 Å². The summed E-state index contributed by atoms with van der Waals surface area (Å²) in [6, 6.07) is 14.1. The lowest BCUT2D eigenvalue weighted by Gasteiger charge is -2.21. The maximum Gasteiger partial charge on any atom is 0.260 e. The summed E-state index contributed by atoms with van der Waals surface area (Å²) in [5, 5.41) is 0.783. The van der Waals surface area contributed by atoms with Crippen molar-refractivity contribution in [1.29, 1.82) is 0 Å². The number of hydrogen-bond acceptors (Lipinski definition) is 4. The monoisotopic (exact) mass is 417 g/mol. The molecule has 28 heavy (non-hydrogen) atoms. The molecule has 1 heterocycles. The third-order valence-corrected chi connectivity index (χ3v) is 5.73. The van der Waals surface area contributed by atoms with E-state index in [4.69, 9.17) is 4.98 Å². The number of anilines is 1. The van der Waals surface area contributed by atoms with Crippen LogP contribution in [0.25, 0.3) is 10.2 Å². The van der Waals surface area contributed by atoms with E-state index in [0.29, 0.717) is 6.54 Å². The molecule has 2 aromatic carbocycles. The van der Waals surface area contributed by atoms with Crippen LogP contribution in [0.2, 0.25) is 0 Å². The number of nitrogens with zero attached hydrogens (tertiary/aromatic N) is 3. The fraction of sp³-hybridized carbons (Fsp3) is 0.364. The van der Waals surface area contributed by atoms with Gasteiger partial charge < -0.3 is 4.90 Å². The van der Waals surface area contributed by atoms with E-state index in [-0.39, 0.29) is 18.3 Å². The van der Waals surface area contributed by atoms with Crippen LogP contribution in [-0.2, 0) is 6.42 Å². The first-order valence-electron chi connectivity index (χ1n) is 9.41. The molecule has 1 amide bonds. The van der Waals surface area contributed by atoms with Gasteiger partial charge in [0.1, 0.15) is 0 Å². The average molecular weight is 418 g/mol. The van der Waals surface area contributed by atoms with Crippen LogP contribution in [0.4, 0.5) is 5.13 Å². The van der Waals surface area contributed by atoms with E-state index in [1.54, 1.807) is 11.3 Å². The van der Waals surface area contributed by atoms with Crippen LogP contribution in [0, 0.1) is 6.92 Å². The van der Waals surface area contributed by atoms with Crippen LogP contribution in [0.15, 0.2) is 42.5 Å². The summed E-state index contributed by atoms with van der Waals surface area (Å²) in [7, 11) is 4.11. The zero-order chi connectivity index (χ0) is 19.4. The summed E-state index contributed by atoms with van der Waals surface area (Å²) in [6.45, 7) is 5.73. The van der Waals surface area contributed by atoms with Crippen molar-refractivity contribution in [3.8, 4) is 0 Å². The Hall–Kier alpha value is -1.95. The highest BCUT2D eigenvalue weighted by Crippen LogP contribution is 2.31. The van der Waals surface area contributed by atoms with Gasteiger partial charge in [-0.3, -0.25) is 9.69 Å². The Bertz CT molecular complexity index is 938. The molecule has 0 bridgehead atoms. The van der Waals surface area contributed by atoms with Crippen molar-refractivity contribution in [2.24, 2.45) is 0 Å². The van der Waals surface area contributed by atoms with Crippen LogP contribution in [0.1, 0.15) is 34.8 Å². The molecule has 0 aliphatic carbocycles. The van der Waals surface area contributed by atoms with Crippen LogP contribution in [-0.4, -0.2) is 43.0 Å². The van der Waals surface area contributed by atoms with Gasteiger partial charge in [0.15, 0.2) is 5.13 Å². The molecule has 150 valence electrons. The maximum atomic E-state index is 13.3. The lowest BCUT2D eigenvalue weighted by atomic mass is 10.1. The molecular weight excluding hydrogens is 390 g/mol. The molecule has 3 rings (SSSR count). The van der Waals surface area contributed by atoms with E-state index in [9.17, 15) is 4.79 Å². The van der Waals surface area contributed by atoms with Crippen LogP contribution in [0.5, 0.6) is 0 Å². The molecule has 1 aromatic heterocycles. The molecular formula is C22H28ClN3OS. The lowest BCUT2D eigenvalue weighted by molar-refractivity contribution is 0.0985. The lowest BCUT2D eigenvalue weighted by Crippen LogP contribution is -2.33. The number of amides is 1. The van der Waals surface area contributed by atoms with Gasteiger partial charge in [0, 0.05) is 12.1 Å². The molecule has 4 nitrogen and oxygen atoms in total. The number of carbonyl (C=O) groups is 1. The number of benzene rings is 2. The molecule has 0 saturated carbocycles. The van der Waals surface area contributed by atoms with Crippen LogP contribution < -0.4 is 4.90 Å². The zero-order valence-corrected chi connectivity index (χ0v) is 18.6. The first-order chi connectivity index (χ1) is 13.0. The van der Waals surface area contributed by atoms with E-state index < -0.39 is 0 Å². The van der Waals surface area contributed by atoms with E-state index in [2.05, 4.69) is 44.1 Å². The predicted molar refractivity (Wildman–Crippen MR) is 122 cm³/mol. The molecule has 0 saturated heterocycles. The van der Waals surface area contributed by atoms with Gasteiger partial charge >= 0.3 is 0 Å². The van der Waals surface area contributed by atoms with Gasteiger partial charge in [0.05, 0.1) is 10.2 Å². The highest BCUT2D eigenvalue weighted by Gasteiger charge is 2.22. The van der Waals surface area contributed by atoms with Crippen LogP contribution >= 0.6 is 23.7 Å². The van der Waals surface area contributed by atoms with Gasteiger partial charge in [0.25, 0.3) is 5.91 Å². The number of carbonyl (C=O) groups excluding carboxylic acids is 1. The minimum atomic E-state index is 0.